The van der Waals surface area contributed by atoms with Crippen molar-refractivity contribution in [1.29, 1.82) is 0 Å². The minimum Gasteiger partial charge on any atom is -0.497 e. The number of benzene rings is 2. The summed E-state index contributed by atoms with van der Waals surface area (Å²) in [6, 6.07) is 14.8. The summed E-state index contributed by atoms with van der Waals surface area (Å²) < 4.78 is 10.6. The molecule has 2 aliphatic rings. The van der Waals surface area contributed by atoms with Gasteiger partial charge in [-0.2, -0.15) is 0 Å². The topological polar surface area (TPSA) is 79.9 Å². The lowest BCUT2D eigenvalue weighted by Crippen LogP contribution is -2.49. The Morgan fingerprint density at radius 3 is 2.58 bits per heavy atom. The van der Waals surface area contributed by atoms with Gasteiger partial charge in [-0.1, -0.05) is 36.4 Å². The molecule has 31 heavy (non-hydrogen) atoms. The molecule has 2 N–H and O–H groups in total. The number of carbonyl (C=O) groups excluding carboxylic acids is 2. The Morgan fingerprint density at radius 1 is 1.13 bits per heavy atom. The van der Waals surface area contributed by atoms with Crippen LogP contribution < -0.4 is 15.4 Å². The van der Waals surface area contributed by atoms with E-state index in [1.165, 1.54) is 11.1 Å². The SMILES string of the molecule is CCOC(=O)C1=C(CN2CCc3ccccc3C2)NC(=O)N[C@@H]1c1ccc(OC)cc1. The predicted molar refractivity (Wildman–Crippen MR) is 116 cm³/mol. The lowest BCUT2D eigenvalue weighted by atomic mass is 9.94. The highest BCUT2D eigenvalue weighted by Gasteiger charge is 2.34. The molecular weight excluding hydrogens is 394 g/mol. The maximum Gasteiger partial charge on any atom is 0.338 e. The van der Waals surface area contributed by atoms with Gasteiger partial charge >= 0.3 is 12.0 Å². The Bertz CT molecular complexity index is 1000. The first-order valence-corrected chi connectivity index (χ1v) is 10.5. The highest BCUT2D eigenvalue weighted by Crippen LogP contribution is 2.30. The fourth-order valence-electron chi connectivity index (χ4n) is 4.15. The largest absolute Gasteiger partial charge is 0.497 e. The van der Waals surface area contributed by atoms with Crippen molar-refractivity contribution in [3.63, 3.8) is 0 Å². The summed E-state index contributed by atoms with van der Waals surface area (Å²) in [7, 11) is 1.60. The maximum atomic E-state index is 12.9. The maximum absolute atomic E-state index is 12.9. The molecule has 0 saturated heterocycles. The molecule has 2 aromatic rings. The molecule has 2 heterocycles. The molecule has 0 spiro atoms. The number of ether oxygens (including phenoxy) is 2. The zero-order valence-corrected chi connectivity index (χ0v) is 17.8. The van der Waals surface area contributed by atoms with Crippen molar-refractivity contribution in [2.75, 3.05) is 26.8 Å². The van der Waals surface area contributed by atoms with Crippen molar-refractivity contribution in [2.45, 2.75) is 25.9 Å². The number of nitrogens with zero attached hydrogens (tertiary/aromatic N) is 1. The number of amides is 2. The van der Waals surface area contributed by atoms with Gasteiger partial charge in [-0.25, -0.2) is 9.59 Å². The standard InChI is InChI=1S/C24H27N3O4/c1-3-31-23(28)21-20(15-27-13-12-16-6-4-5-7-18(16)14-27)25-24(29)26-22(21)17-8-10-19(30-2)11-9-17/h4-11,22H,3,12-15H2,1-2H3,(H2,25,26,29)/t22-/m1/s1. The fourth-order valence-corrected chi connectivity index (χ4v) is 4.15. The molecule has 7 nitrogen and oxygen atoms in total. The first-order chi connectivity index (χ1) is 15.1. The van der Waals surface area contributed by atoms with Gasteiger partial charge in [0, 0.05) is 25.3 Å². The van der Waals surface area contributed by atoms with Crippen molar-refractivity contribution in [3.05, 3.63) is 76.5 Å². The van der Waals surface area contributed by atoms with E-state index in [4.69, 9.17) is 9.47 Å². The van der Waals surface area contributed by atoms with Crippen LogP contribution in [0.4, 0.5) is 4.79 Å². The molecule has 2 aliphatic heterocycles. The highest BCUT2D eigenvalue weighted by molar-refractivity contribution is 5.95. The molecule has 0 radical (unpaired) electrons. The van der Waals surface area contributed by atoms with E-state index in [-0.39, 0.29) is 12.6 Å². The van der Waals surface area contributed by atoms with Gasteiger partial charge in [-0.05, 0) is 42.2 Å². The average molecular weight is 421 g/mol. The van der Waals surface area contributed by atoms with Crippen LogP contribution in [0.2, 0.25) is 0 Å². The van der Waals surface area contributed by atoms with Crippen LogP contribution in [0.25, 0.3) is 0 Å². The summed E-state index contributed by atoms with van der Waals surface area (Å²) >= 11 is 0. The van der Waals surface area contributed by atoms with E-state index in [9.17, 15) is 9.59 Å². The van der Waals surface area contributed by atoms with Crippen molar-refractivity contribution < 1.29 is 19.1 Å². The molecule has 7 heteroatoms. The Morgan fingerprint density at radius 2 is 1.87 bits per heavy atom. The quantitative estimate of drug-likeness (QED) is 0.701. The number of methoxy groups -OCH3 is 1. The lowest BCUT2D eigenvalue weighted by Gasteiger charge is -2.34. The van der Waals surface area contributed by atoms with Crippen LogP contribution in [-0.4, -0.2) is 43.7 Å². The number of rotatable bonds is 6. The van der Waals surface area contributed by atoms with E-state index in [0.717, 1.165) is 25.1 Å². The molecule has 0 fully saturated rings. The van der Waals surface area contributed by atoms with E-state index in [0.29, 0.717) is 23.6 Å². The van der Waals surface area contributed by atoms with Crippen molar-refractivity contribution >= 4 is 12.0 Å². The molecule has 162 valence electrons. The average Bonchev–Trinajstić information content (AvgIpc) is 2.79. The monoisotopic (exact) mass is 421 g/mol. The zero-order chi connectivity index (χ0) is 21.8. The lowest BCUT2D eigenvalue weighted by molar-refractivity contribution is -0.139. The number of carbonyl (C=O) groups is 2. The van der Waals surface area contributed by atoms with Crippen molar-refractivity contribution in [2.24, 2.45) is 0 Å². The summed E-state index contributed by atoms with van der Waals surface area (Å²) in [4.78, 5) is 27.7. The zero-order valence-electron chi connectivity index (χ0n) is 17.8. The third-order valence-electron chi connectivity index (χ3n) is 5.69. The number of hydrogen-bond acceptors (Lipinski definition) is 5. The normalized spacial score (nSPS) is 18.6. The molecule has 1 atom stereocenters. The minimum absolute atomic E-state index is 0.260. The van der Waals surface area contributed by atoms with Crippen LogP contribution in [0, 0.1) is 0 Å². The fraction of sp³-hybridized carbons (Fsp3) is 0.333. The van der Waals surface area contributed by atoms with Gasteiger partial charge in [0.15, 0.2) is 0 Å². The Kier molecular flexibility index (Phi) is 6.23. The Labute approximate surface area is 182 Å². The molecule has 4 rings (SSSR count). The molecule has 2 amide bonds. The van der Waals surface area contributed by atoms with Crippen LogP contribution in [0.3, 0.4) is 0 Å². The summed E-state index contributed by atoms with van der Waals surface area (Å²) in [6.45, 7) is 4.12. The van der Waals surface area contributed by atoms with Gasteiger partial charge in [-0.15, -0.1) is 0 Å². The van der Waals surface area contributed by atoms with E-state index in [1.54, 1.807) is 14.0 Å². The first kappa shape index (κ1) is 20.9. The van der Waals surface area contributed by atoms with Crippen LogP contribution in [0.1, 0.15) is 29.7 Å². The molecule has 0 bridgehead atoms. The summed E-state index contributed by atoms with van der Waals surface area (Å²) in [6.07, 6.45) is 0.937. The van der Waals surface area contributed by atoms with Crippen LogP contribution in [-0.2, 0) is 22.5 Å². The second-order valence-electron chi connectivity index (χ2n) is 7.65. The van der Waals surface area contributed by atoms with E-state index in [2.05, 4.69) is 33.7 Å². The molecule has 0 aromatic heterocycles. The van der Waals surface area contributed by atoms with E-state index >= 15 is 0 Å². The van der Waals surface area contributed by atoms with Gasteiger partial charge in [0.05, 0.1) is 25.3 Å². The number of nitrogens with one attached hydrogen (secondary N) is 2. The second kappa shape index (κ2) is 9.22. The van der Waals surface area contributed by atoms with Crippen LogP contribution in [0.15, 0.2) is 59.8 Å². The summed E-state index contributed by atoms with van der Waals surface area (Å²) in [5, 5.41) is 5.74. The molecule has 2 aromatic carbocycles. The van der Waals surface area contributed by atoms with Gasteiger partial charge in [-0.3, -0.25) is 4.90 Å². The summed E-state index contributed by atoms with van der Waals surface area (Å²) in [5.41, 5.74) is 4.44. The first-order valence-electron chi connectivity index (χ1n) is 10.5. The van der Waals surface area contributed by atoms with Gasteiger partial charge in [0.2, 0.25) is 0 Å². The summed E-state index contributed by atoms with van der Waals surface area (Å²) in [5.74, 6) is 0.279. The van der Waals surface area contributed by atoms with Crippen molar-refractivity contribution in [3.8, 4) is 5.75 Å². The molecule has 0 aliphatic carbocycles. The number of urea groups is 1. The minimum atomic E-state index is -0.592. The molecular formula is C24H27N3O4. The van der Waals surface area contributed by atoms with Gasteiger partial charge in [0.25, 0.3) is 0 Å². The molecule has 0 saturated carbocycles. The Hall–Kier alpha value is -3.32. The predicted octanol–water partition coefficient (Wildman–Crippen LogP) is 2.92. The third-order valence-corrected chi connectivity index (χ3v) is 5.69. The van der Waals surface area contributed by atoms with Gasteiger partial charge < -0.3 is 20.1 Å². The smallest absolute Gasteiger partial charge is 0.338 e. The van der Waals surface area contributed by atoms with E-state index < -0.39 is 12.0 Å². The van der Waals surface area contributed by atoms with Crippen LogP contribution in [0.5, 0.6) is 5.75 Å². The van der Waals surface area contributed by atoms with Gasteiger partial charge in [0.1, 0.15) is 5.75 Å². The Balaban J connectivity index is 1.66. The number of esters is 1. The molecule has 0 unspecified atom stereocenters. The van der Waals surface area contributed by atoms with Crippen LogP contribution >= 0.6 is 0 Å². The van der Waals surface area contributed by atoms with E-state index in [1.807, 2.05) is 30.3 Å². The third kappa shape index (κ3) is 4.56. The number of hydrogen-bond donors (Lipinski definition) is 2. The number of fused-ring (bicyclic) bond motifs is 1. The second-order valence-corrected chi connectivity index (χ2v) is 7.65. The highest BCUT2D eigenvalue weighted by atomic mass is 16.5. The van der Waals surface area contributed by atoms with Crippen molar-refractivity contribution in [1.82, 2.24) is 15.5 Å².